The van der Waals surface area contributed by atoms with Crippen LogP contribution < -0.4 is 0 Å². The predicted octanol–water partition coefficient (Wildman–Crippen LogP) is 1.94. The summed E-state index contributed by atoms with van der Waals surface area (Å²) >= 11 is 1.83. The molecule has 1 aromatic carbocycles. The molecule has 1 aromatic rings. The molecule has 0 N–H and O–H groups in total. The molecule has 2 aliphatic heterocycles. The Labute approximate surface area is 151 Å². The zero-order valence-electron chi connectivity index (χ0n) is 14.5. The predicted molar refractivity (Wildman–Crippen MR) is 94.7 cm³/mol. The van der Waals surface area contributed by atoms with Gasteiger partial charge in [-0.15, -0.1) is 0 Å². The highest BCUT2D eigenvalue weighted by atomic mass is 32.2. The maximum Gasteiger partial charge on any atom is 0.323 e. The van der Waals surface area contributed by atoms with E-state index in [1.807, 2.05) is 16.7 Å². The highest BCUT2D eigenvalue weighted by molar-refractivity contribution is 7.99. The molecule has 0 unspecified atom stereocenters. The van der Waals surface area contributed by atoms with Gasteiger partial charge in [0.25, 0.3) is 0 Å². The molecule has 5 nitrogen and oxygen atoms in total. The number of hydrogen-bond acceptors (Lipinski definition) is 5. The fraction of sp³-hybridized carbons (Fsp3) is 0.556. The first kappa shape index (κ1) is 18.2. The number of likely N-dealkylation sites (tertiary alicyclic amines) is 1. The first-order valence-electron chi connectivity index (χ1n) is 8.45. The third-order valence-electron chi connectivity index (χ3n) is 5.13. The zero-order valence-corrected chi connectivity index (χ0v) is 15.3. The summed E-state index contributed by atoms with van der Waals surface area (Å²) in [6.45, 7) is 1.41. The minimum Gasteiger partial charge on any atom is -0.468 e. The third kappa shape index (κ3) is 3.53. The summed E-state index contributed by atoms with van der Waals surface area (Å²) in [6.07, 6.45) is 0.352. The van der Waals surface area contributed by atoms with E-state index in [0.29, 0.717) is 25.1 Å². The molecule has 136 valence electrons. The fourth-order valence-electron chi connectivity index (χ4n) is 3.82. The van der Waals surface area contributed by atoms with Gasteiger partial charge in [-0.05, 0) is 19.5 Å². The van der Waals surface area contributed by atoms with Crippen molar-refractivity contribution in [3.05, 3.63) is 35.6 Å². The van der Waals surface area contributed by atoms with E-state index in [-0.39, 0.29) is 17.7 Å². The van der Waals surface area contributed by atoms with Crippen molar-refractivity contribution >= 4 is 23.6 Å². The average molecular weight is 366 g/mol. The van der Waals surface area contributed by atoms with Gasteiger partial charge in [0.2, 0.25) is 5.91 Å². The van der Waals surface area contributed by atoms with Crippen LogP contribution in [0.25, 0.3) is 0 Å². The lowest BCUT2D eigenvalue weighted by Crippen LogP contribution is -2.43. The number of esters is 1. The Morgan fingerprint density at radius 3 is 2.56 bits per heavy atom. The molecule has 0 saturated carbocycles. The molecule has 2 aliphatic rings. The Hall–Kier alpha value is -1.60. The second kappa shape index (κ2) is 7.74. The first-order valence-corrected chi connectivity index (χ1v) is 9.60. The number of carbonyl (C=O) groups excluding carboxylic acids is 2. The van der Waals surface area contributed by atoms with Crippen LogP contribution in [-0.2, 0) is 14.3 Å². The van der Waals surface area contributed by atoms with Crippen molar-refractivity contribution in [2.75, 3.05) is 38.8 Å². The van der Waals surface area contributed by atoms with Gasteiger partial charge in [-0.2, -0.15) is 11.8 Å². The molecule has 25 heavy (non-hydrogen) atoms. The maximum absolute atomic E-state index is 14.4. The molecule has 3 atom stereocenters. The smallest absolute Gasteiger partial charge is 0.323 e. The lowest BCUT2D eigenvalue weighted by molar-refractivity contribution is -0.145. The van der Waals surface area contributed by atoms with Gasteiger partial charge < -0.3 is 9.64 Å². The topological polar surface area (TPSA) is 49.9 Å². The Balaban J connectivity index is 1.93. The standard InChI is InChI=1S/C18H23FN2O3S/c1-20-15(18(23)24-2)11-13(17(22)21-7-9-25-10-8-21)16(20)12-5-3-4-6-14(12)19/h3-6,13,15-16H,7-11H2,1-2H3/t13-,15-,16-/m0/s1. The second-order valence-electron chi connectivity index (χ2n) is 6.45. The van der Waals surface area contributed by atoms with Gasteiger partial charge in [0.15, 0.2) is 0 Å². The van der Waals surface area contributed by atoms with Gasteiger partial charge in [-0.1, -0.05) is 18.2 Å². The Morgan fingerprint density at radius 2 is 1.92 bits per heavy atom. The number of ether oxygens (including phenoxy) is 1. The van der Waals surface area contributed by atoms with Crippen LogP contribution in [0.5, 0.6) is 0 Å². The van der Waals surface area contributed by atoms with Crippen molar-refractivity contribution in [3.63, 3.8) is 0 Å². The number of likely N-dealkylation sites (N-methyl/N-ethyl adjacent to an activating group) is 1. The van der Waals surface area contributed by atoms with Gasteiger partial charge in [0.1, 0.15) is 11.9 Å². The van der Waals surface area contributed by atoms with Gasteiger partial charge in [0.05, 0.1) is 13.0 Å². The van der Waals surface area contributed by atoms with E-state index in [1.54, 1.807) is 30.1 Å². The van der Waals surface area contributed by atoms with Crippen molar-refractivity contribution in [2.45, 2.75) is 18.5 Å². The minimum absolute atomic E-state index is 0.00630. The molecule has 0 spiro atoms. The highest BCUT2D eigenvalue weighted by Gasteiger charge is 2.48. The summed E-state index contributed by atoms with van der Waals surface area (Å²) in [5.74, 6) is 0.657. The molecule has 0 radical (unpaired) electrons. The Morgan fingerprint density at radius 1 is 1.24 bits per heavy atom. The van der Waals surface area contributed by atoms with Crippen LogP contribution in [0, 0.1) is 11.7 Å². The number of hydrogen-bond donors (Lipinski definition) is 0. The number of thioether (sulfide) groups is 1. The lowest BCUT2D eigenvalue weighted by Gasteiger charge is -2.32. The van der Waals surface area contributed by atoms with E-state index < -0.39 is 18.0 Å². The molecule has 2 saturated heterocycles. The van der Waals surface area contributed by atoms with E-state index in [0.717, 1.165) is 11.5 Å². The minimum atomic E-state index is -0.539. The third-order valence-corrected chi connectivity index (χ3v) is 6.07. The quantitative estimate of drug-likeness (QED) is 0.765. The summed E-state index contributed by atoms with van der Waals surface area (Å²) in [7, 11) is 3.10. The molecular formula is C18H23FN2O3S. The molecule has 0 bridgehead atoms. The van der Waals surface area contributed by atoms with Crippen LogP contribution in [-0.4, -0.2) is 66.5 Å². The number of methoxy groups -OCH3 is 1. The highest BCUT2D eigenvalue weighted by Crippen LogP contribution is 2.42. The largest absolute Gasteiger partial charge is 0.468 e. The first-order chi connectivity index (χ1) is 12.0. The summed E-state index contributed by atoms with van der Waals surface area (Å²) < 4.78 is 19.3. The number of nitrogens with zero attached hydrogens (tertiary/aromatic N) is 2. The summed E-state index contributed by atoms with van der Waals surface area (Å²) in [5.41, 5.74) is 0.459. The molecule has 2 heterocycles. The van der Waals surface area contributed by atoms with Crippen LogP contribution in [0.15, 0.2) is 24.3 Å². The molecule has 3 rings (SSSR count). The number of amides is 1. The zero-order chi connectivity index (χ0) is 18.0. The summed E-state index contributed by atoms with van der Waals surface area (Å²) in [4.78, 5) is 28.9. The normalized spacial score (nSPS) is 27.3. The van der Waals surface area contributed by atoms with Crippen molar-refractivity contribution in [1.29, 1.82) is 0 Å². The SMILES string of the molecule is COC(=O)[C@@H]1C[C@H](C(=O)N2CCSCC2)[C@H](c2ccccc2F)N1C. The van der Waals surface area contributed by atoms with Crippen LogP contribution in [0.4, 0.5) is 4.39 Å². The van der Waals surface area contributed by atoms with Crippen LogP contribution in [0.2, 0.25) is 0 Å². The van der Waals surface area contributed by atoms with Crippen molar-refractivity contribution in [2.24, 2.45) is 5.92 Å². The van der Waals surface area contributed by atoms with Crippen molar-refractivity contribution < 1.29 is 18.7 Å². The molecule has 2 fully saturated rings. The lowest BCUT2D eigenvalue weighted by atomic mass is 9.91. The number of rotatable bonds is 3. The molecule has 0 aliphatic carbocycles. The van der Waals surface area contributed by atoms with E-state index in [9.17, 15) is 14.0 Å². The van der Waals surface area contributed by atoms with Crippen LogP contribution >= 0.6 is 11.8 Å². The van der Waals surface area contributed by atoms with Gasteiger partial charge >= 0.3 is 5.97 Å². The van der Waals surface area contributed by atoms with Crippen LogP contribution in [0.1, 0.15) is 18.0 Å². The Kier molecular flexibility index (Phi) is 5.64. The van der Waals surface area contributed by atoms with Crippen LogP contribution in [0.3, 0.4) is 0 Å². The van der Waals surface area contributed by atoms with E-state index in [4.69, 9.17) is 4.74 Å². The average Bonchev–Trinajstić information content (AvgIpc) is 2.98. The Bertz CT molecular complexity index is 651. The van der Waals surface area contributed by atoms with Crippen molar-refractivity contribution in [3.8, 4) is 0 Å². The monoisotopic (exact) mass is 366 g/mol. The van der Waals surface area contributed by atoms with E-state index in [1.165, 1.54) is 13.2 Å². The van der Waals surface area contributed by atoms with Gasteiger partial charge in [-0.3, -0.25) is 14.5 Å². The number of carbonyl (C=O) groups is 2. The second-order valence-corrected chi connectivity index (χ2v) is 7.68. The maximum atomic E-state index is 14.4. The van der Waals surface area contributed by atoms with E-state index in [2.05, 4.69) is 0 Å². The molecule has 0 aromatic heterocycles. The number of halogens is 1. The fourth-order valence-corrected chi connectivity index (χ4v) is 4.72. The number of benzene rings is 1. The van der Waals surface area contributed by atoms with Gasteiger partial charge in [-0.25, -0.2) is 4.39 Å². The summed E-state index contributed by atoms with van der Waals surface area (Å²) in [5, 5.41) is 0. The molecule has 7 heteroatoms. The van der Waals surface area contributed by atoms with E-state index >= 15 is 0 Å². The van der Waals surface area contributed by atoms with Crippen molar-refractivity contribution in [1.82, 2.24) is 9.80 Å². The molecule has 1 amide bonds. The molecular weight excluding hydrogens is 343 g/mol. The van der Waals surface area contributed by atoms with Gasteiger partial charge in [0, 0.05) is 36.2 Å². The summed E-state index contributed by atoms with van der Waals surface area (Å²) in [6, 6.07) is 5.48.